The van der Waals surface area contributed by atoms with E-state index in [9.17, 15) is 14.7 Å². The van der Waals surface area contributed by atoms with Gasteiger partial charge in [-0.2, -0.15) is 0 Å². The maximum absolute atomic E-state index is 11.8. The zero-order valence-electron chi connectivity index (χ0n) is 10.2. The zero-order valence-corrected chi connectivity index (χ0v) is 10.2. The number of aromatic amines is 1. The first-order valence-corrected chi connectivity index (χ1v) is 6.09. The summed E-state index contributed by atoms with van der Waals surface area (Å²) >= 11 is 0. The number of aromatic hydroxyl groups is 1. The molecule has 1 aliphatic rings. The van der Waals surface area contributed by atoms with Crippen LogP contribution in [0.5, 0.6) is 5.88 Å². The van der Waals surface area contributed by atoms with Crippen molar-refractivity contribution in [2.45, 2.75) is 45.6 Å². The van der Waals surface area contributed by atoms with Crippen molar-refractivity contribution >= 4 is 0 Å². The largest absolute Gasteiger partial charge is 0.494 e. The Morgan fingerprint density at radius 1 is 1.47 bits per heavy atom. The Labute approximate surface area is 99.1 Å². The molecule has 1 unspecified atom stereocenters. The van der Waals surface area contributed by atoms with Crippen molar-refractivity contribution in [3.8, 4) is 5.88 Å². The molecule has 0 bridgehead atoms. The van der Waals surface area contributed by atoms with Gasteiger partial charge in [-0.25, -0.2) is 4.79 Å². The number of hydrogen-bond acceptors (Lipinski definition) is 3. The predicted octanol–water partition coefficient (Wildman–Crippen LogP) is 1.30. The van der Waals surface area contributed by atoms with Gasteiger partial charge in [-0.1, -0.05) is 19.8 Å². The molecule has 1 saturated carbocycles. The molecular formula is C12H18N2O3. The van der Waals surface area contributed by atoms with Crippen LogP contribution in [0, 0.1) is 12.8 Å². The molecule has 0 amide bonds. The molecule has 1 fully saturated rings. The second-order valence-corrected chi connectivity index (χ2v) is 4.82. The summed E-state index contributed by atoms with van der Waals surface area (Å²) in [4.78, 5) is 25.3. The van der Waals surface area contributed by atoms with E-state index in [2.05, 4.69) is 4.98 Å². The van der Waals surface area contributed by atoms with Crippen molar-refractivity contribution in [1.29, 1.82) is 0 Å². The molecule has 0 aliphatic heterocycles. The fourth-order valence-electron chi connectivity index (χ4n) is 2.16. The molecule has 17 heavy (non-hydrogen) atoms. The Bertz CT molecular complexity index is 526. The molecular weight excluding hydrogens is 220 g/mol. The minimum Gasteiger partial charge on any atom is -0.494 e. The summed E-state index contributed by atoms with van der Waals surface area (Å²) in [5.41, 5.74) is -0.811. The number of nitrogens with one attached hydrogen (secondary N) is 1. The minimum absolute atomic E-state index is 0.0226. The highest BCUT2D eigenvalue weighted by molar-refractivity contribution is 5.21. The Balaban J connectivity index is 2.44. The first kappa shape index (κ1) is 12.0. The highest BCUT2D eigenvalue weighted by Gasteiger charge is 2.27. The summed E-state index contributed by atoms with van der Waals surface area (Å²) < 4.78 is 1.33. The van der Waals surface area contributed by atoms with Crippen LogP contribution in [0.15, 0.2) is 9.59 Å². The Kier molecular flexibility index (Phi) is 3.09. The van der Waals surface area contributed by atoms with Crippen molar-refractivity contribution < 1.29 is 5.11 Å². The number of H-pyrrole nitrogens is 1. The van der Waals surface area contributed by atoms with Crippen molar-refractivity contribution in [2.75, 3.05) is 0 Å². The Hall–Kier alpha value is -1.52. The van der Waals surface area contributed by atoms with E-state index in [4.69, 9.17) is 0 Å². The normalized spacial score (nSPS) is 17.1. The van der Waals surface area contributed by atoms with Crippen LogP contribution in [0.4, 0.5) is 0 Å². The number of rotatable bonds is 4. The van der Waals surface area contributed by atoms with Gasteiger partial charge in [-0.15, -0.1) is 0 Å². The highest BCUT2D eigenvalue weighted by Crippen LogP contribution is 2.38. The van der Waals surface area contributed by atoms with Crippen molar-refractivity contribution in [3.05, 3.63) is 26.4 Å². The third-order valence-corrected chi connectivity index (χ3v) is 3.48. The van der Waals surface area contributed by atoms with Crippen molar-refractivity contribution in [1.82, 2.24) is 9.55 Å². The number of nitrogens with zero attached hydrogens (tertiary/aromatic N) is 1. The molecule has 0 saturated heterocycles. The van der Waals surface area contributed by atoms with Crippen LogP contribution in [0.25, 0.3) is 0 Å². The van der Waals surface area contributed by atoms with Gasteiger partial charge in [0.15, 0.2) is 0 Å². The second-order valence-electron chi connectivity index (χ2n) is 4.82. The molecule has 2 rings (SSSR count). The molecule has 1 atom stereocenters. The van der Waals surface area contributed by atoms with Crippen LogP contribution in [-0.2, 0) is 0 Å². The Morgan fingerprint density at radius 2 is 2.12 bits per heavy atom. The van der Waals surface area contributed by atoms with Gasteiger partial charge in [-0.3, -0.25) is 14.3 Å². The zero-order chi connectivity index (χ0) is 12.6. The SMILES string of the molecule is CCC(CC1CC1)n1c(O)c(C)c(=O)[nH]c1=O. The summed E-state index contributed by atoms with van der Waals surface area (Å²) in [5, 5.41) is 9.94. The average molecular weight is 238 g/mol. The summed E-state index contributed by atoms with van der Waals surface area (Å²) in [5.74, 6) is 0.477. The molecule has 94 valence electrons. The van der Waals surface area contributed by atoms with E-state index in [0.29, 0.717) is 5.92 Å². The molecule has 5 heteroatoms. The third kappa shape index (κ3) is 2.28. The monoisotopic (exact) mass is 238 g/mol. The first-order chi connectivity index (χ1) is 8.04. The fourth-order valence-corrected chi connectivity index (χ4v) is 2.16. The van der Waals surface area contributed by atoms with Gasteiger partial charge < -0.3 is 5.11 Å². The van der Waals surface area contributed by atoms with Crippen molar-refractivity contribution in [3.63, 3.8) is 0 Å². The topological polar surface area (TPSA) is 75.1 Å². The maximum atomic E-state index is 11.8. The molecule has 1 aromatic rings. The second kappa shape index (κ2) is 4.39. The lowest BCUT2D eigenvalue weighted by Crippen LogP contribution is -2.33. The lowest BCUT2D eigenvalue weighted by molar-refractivity contribution is 0.331. The van der Waals surface area contributed by atoms with Gasteiger partial charge in [0.2, 0.25) is 5.88 Å². The van der Waals surface area contributed by atoms with Crippen LogP contribution in [0.3, 0.4) is 0 Å². The third-order valence-electron chi connectivity index (χ3n) is 3.48. The van der Waals surface area contributed by atoms with Crippen LogP contribution >= 0.6 is 0 Å². The Morgan fingerprint density at radius 3 is 2.65 bits per heavy atom. The lowest BCUT2D eigenvalue weighted by atomic mass is 10.1. The summed E-state index contributed by atoms with van der Waals surface area (Å²) in [6, 6.07) is -0.0226. The van der Waals surface area contributed by atoms with Gasteiger partial charge in [0.25, 0.3) is 5.56 Å². The first-order valence-electron chi connectivity index (χ1n) is 6.09. The maximum Gasteiger partial charge on any atom is 0.331 e. The van der Waals surface area contributed by atoms with Crippen LogP contribution in [0.1, 0.15) is 44.2 Å². The van der Waals surface area contributed by atoms with E-state index >= 15 is 0 Å². The molecule has 5 nitrogen and oxygen atoms in total. The minimum atomic E-state index is -0.509. The molecule has 0 aromatic carbocycles. The van der Waals surface area contributed by atoms with Gasteiger partial charge >= 0.3 is 5.69 Å². The standard InChI is InChI=1S/C12H18N2O3/c1-3-9(6-8-4-5-8)14-11(16)7(2)10(15)13-12(14)17/h8-9,16H,3-6H2,1-2H3,(H,13,15,17). The fraction of sp³-hybridized carbons (Fsp3) is 0.667. The van der Waals surface area contributed by atoms with Crippen LogP contribution < -0.4 is 11.2 Å². The van der Waals surface area contributed by atoms with Crippen LogP contribution in [0.2, 0.25) is 0 Å². The molecule has 1 aromatic heterocycles. The number of hydrogen-bond donors (Lipinski definition) is 2. The van der Waals surface area contributed by atoms with Gasteiger partial charge in [-0.05, 0) is 25.7 Å². The molecule has 0 spiro atoms. The molecule has 1 aliphatic carbocycles. The van der Waals surface area contributed by atoms with E-state index in [1.807, 2.05) is 6.92 Å². The van der Waals surface area contributed by atoms with E-state index in [1.165, 1.54) is 24.3 Å². The van der Waals surface area contributed by atoms with E-state index in [0.717, 1.165) is 12.8 Å². The predicted molar refractivity (Wildman–Crippen MR) is 64.4 cm³/mol. The smallest absolute Gasteiger partial charge is 0.331 e. The average Bonchev–Trinajstić information content (AvgIpc) is 3.08. The van der Waals surface area contributed by atoms with Crippen molar-refractivity contribution in [2.24, 2.45) is 5.92 Å². The van der Waals surface area contributed by atoms with E-state index in [1.54, 1.807) is 0 Å². The van der Waals surface area contributed by atoms with Gasteiger partial charge in [0.05, 0.1) is 5.56 Å². The molecule has 2 N–H and O–H groups in total. The van der Waals surface area contributed by atoms with E-state index in [-0.39, 0.29) is 17.5 Å². The summed E-state index contributed by atoms with van der Waals surface area (Å²) in [6.07, 6.45) is 4.08. The lowest BCUT2D eigenvalue weighted by Gasteiger charge is -2.19. The van der Waals surface area contributed by atoms with Gasteiger partial charge in [0, 0.05) is 6.04 Å². The van der Waals surface area contributed by atoms with E-state index < -0.39 is 11.2 Å². The summed E-state index contributed by atoms with van der Waals surface area (Å²) in [6.45, 7) is 3.51. The highest BCUT2D eigenvalue weighted by atomic mass is 16.3. The molecule has 0 radical (unpaired) electrons. The number of aromatic nitrogens is 2. The van der Waals surface area contributed by atoms with Gasteiger partial charge in [0.1, 0.15) is 0 Å². The summed E-state index contributed by atoms with van der Waals surface area (Å²) in [7, 11) is 0. The van der Waals surface area contributed by atoms with Crippen LogP contribution in [-0.4, -0.2) is 14.7 Å². The quantitative estimate of drug-likeness (QED) is 0.830. The molecule has 1 heterocycles.